The minimum Gasteiger partial charge on any atom is -0.508 e. The Labute approximate surface area is 145 Å². The van der Waals surface area contributed by atoms with Gasteiger partial charge in [-0.25, -0.2) is 0 Å². The third kappa shape index (κ3) is 3.99. The van der Waals surface area contributed by atoms with Crippen LogP contribution < -0.4 is 10.1 Å². The Morgan fingerprint density at radius 2 is 1.91 bits per heavy atom. The van der Waals surface area contributed by atoms with Gasteiger partial charge in [0.15, 0.2) is 0 Å². The van der Waals surface area contributed by atoms with Crippen LogP contribution in [-0.4, -0.2) is 43.3 Å². The van der Waals surface area contributed by atoms with Gasteiger partial charge in [0.1, 0.15) is 11.5 Å². The molecule has 126 valence electrons. The highest BCUT2D eigenvalue weighted by atomic mass is 35.5. The minimum absolute atomic E-state index is 0. The van der Waals surface area contributed by atoms with Gasteiger partial charge >= 0.3 is 0 Å². The van der Waals surface area contributed by atoms with Crippen LogP contribution in [0.3, 0.4) is 0 Å². The number of hydrogen-bond acceptors (Lipinski definition) is 4. The summed E-state index contributed by atoms with van der Waals surface area (Å²) >= 11 is 0. The first-order chi connectivity index (χ1) is 9.79. The van der Waals surface area contributed by atoms with Gasteiger partial charge in [-0.15, -0.1) is 24.8 Å². The van der Waals surface area contributed by atoms with Crippen LogP contribution in [0.4, 0.5) is 0 Å². The summed E-state index contributed by atoms with van der Waals surface area (Å²) in [6.45, 7) is 4.18. The van der Waals surface area contributed by atoms with Crippen molar-refractivity contribution in [1.82, 2.24) is 10.2 Å². The van der Waals surface area contributed by atoms with E-state index < -0.39 is 0 Å². The summed E-state index contributed by atoms with van der Waals surface area (Å²) in [5, 5.41) is 13.7. The number of ether oxygens (including phenoxy) is 1. The summed E-state index contributed by atoms with van der Waals surface area (Å²) in [4.78, 5) is 2.52. The number of nitrogens with zero attached hydrogens (tertiary/aromatic N) is 1. The van der Waals surface area contributed by atoms with Crippen molar-refractivity contribution < 1.29 is 9.84 Å². The second-order valence-electron chi connectivity index (χ2n) is 5.85. The van der Waals surface area contributed by atoms with Gasteiger partial charge in [0.25, 0.3) is 0 Å². The number of nitrogens with one attached hydrogen (secondary N) is 1. The lowest BCUT2D eigenvalue weighted by Gasteiger charge is -2.43. The molecule has 3 rings (SSSR count). The van der Waals surface area contributed by atoms with Gasteiger partial charge in [0.2, 0.25) is 0 Å². The maximum Gasteiger partial charge on any atom is 0.120 e. The quantitative estimate of drug-likeness (QED) is 0.877. The number of hydrogen-bond donors (Lipinski definition) is 2. The number of rotatable bonds is 4. The molecule has 2 fully saturated rings. The van der Waals surface area contributed by atoms with Crippen LogP contribution in [0.1, 0.15) is 30.9 Å². The molecule has 0 radical (unpaired) electrons. The number of benzene rings is 1. The third-order valence-corrected chi connectivity index (χ3v) is 4.69. The highest BCUT2D eigenvalue weighted by Gasteiger charge is 2.35. The zero-order chi connectivity index (χ0) is 13.9. The van der Waals surface area contributed by atoms with E-state index in [9.17, 15) is 5.11 Å². The summed E-state index contributed by atoms with van der Waals surface area (Å²) in [6.07, 6.45) is 3.86. The summed E-state index contributed by atoms with van der Waals surface area (Å²) in [5.41, 5.74) is 1.04. The highest BCUT2D eigenvalue weighted by molar-refractivity contribution is 5.85. The number of phenolic OH excluding ortho intramolecular Hbond substituents is 1. The molecule has 0 bridgehead atoms. The van der Waals surface area contributed by atoms with Gasteiger partial charge < -0.3 is 15.2 Å². The second-order valence-corrected chi connectivity index (χ2v) is 5.85. The molecular formula is C16H26Cl2N2O2. The van der Waals surface area contributed by atoms with E-state index in [0.717, 1.165) is 37.5 Å². The predicted octanol–water partition coefficient (Wildman–Crippen LogP) is 2.99. The Kier molecular flexibility index (Phi) is 7.77. The fraction of sp³-hybridized carbons (Fsp3) is 0.625. The fourth-order valence-corrected chi connectivity index (χ4v) is 3.36. The van der Waals surface area contributed by atoms with Gasteiger partial charge in [-0.2, -0.15) is 0 Å². The molecule has 2 aliphatic rings. The number of halogens is 2. The van der Waals surface area contributed by atoms with Crippen LogP contribution in [0, 0.1) is 5.92 Å². The van der Waals surface area contributed by atoms with E-state index in [-0.39, 0.29) is 24.8 Å². The first-order valence-corrected chi connectivity index (χ1v) is 7.61. The number of piperazine rings is 1. The van der Waals surface area contributed by atoms with Crippen molar-refractivity contribution in [2.24, 2.45) is 5.92 Å². The van der Waals surface area contributed by atoms with E-state index in [0.29, 0.717) is 17.7 Å². The Morgan fingerprint density at radius 1 is 1.23 bits per heavy atom. The maximum absolute atomic E-state index is 10.3. The average Bonchev–Trinajstić information content (AvgIpc) is 2.44. The molecule has 1 heterocycles. The van der Waals surface area contributed by atoms with Gasteiger partial charge in [-0.05, 0) is 37.0 Å². The average molecular weight is 349 g/mol. The largest absolute Gasteiger partial charge is 0.508 e. The SMILES string of the molecule is COc1ccc(O)c([C@H](C2CCC2)N2CCNCC2)c1.Cl.Cl. The molecule has 1 saturated heterocycles. The van der Waals surface area contributed by atoms with E-state index in [1.807, 2.05) is 12.1 Å². The van der Waals surface area contributed by atoms with Gasteiger partial charge in [-0.1, -0.05) is 6.42 Å². The second kappa shape index (κ2) is 8.82. The molecule has 0 amide bonds. The van der Waals surface area contributed by atoms with E-state index >= 15 is 0 Å². The Hall–Kier alpha value is -0.680. The van der Waals surface area contributed by atoms with Crippen molar-refractivity contribution in [3.05, 3.63) is 23.8 Å². The molecular weight excluding hydrogens is 323 g/mol. The molecule has 0 spiro atoms. The van der Waals surface area contributed by atoms with E-state index in [1.54, 1.807) is 13.2 Å². The van der Waals surface area contributed by atoms with Crippen LogP contribution in [0.2, 0.25) is 0 Å². The molecule has 1 aliphatic heterocycles. The minimum atomic E-state index is 0. The monoisotopic (exact) mass is 348 g/mol. The topological polar surface area (TPSA) is 44.7 Å². The molecule has 0 unspecified atom stereocenters. The molecule has 1 saturated carbocycles. The summed E-state index contributed by atoms with van der Waals surface area (Å²) in [7, 11) is 1.68. The van der Waals surface area contributed by atoms with Crippen molar-refractivity contribution >= 4 is 24.8 Å². The van der Waals surface area contributed by atoms with Crippen molar-refractivity contribution in [3.8, 4) is 11.5 Å². The number of phenols is 1. The van der Waals surface area contributed by atoms with Crippen LogP contribution in [0.15, 0.2) is 18.2 Å². The number of methoxy groups -OCH3 is 1. The summed E-state index contributed by atoms with van der Waals surface area (Å²) < 4.78 is 5.34. The number of aromatic hydroxyl groups is 1. The van der Waals surface area contributed by atoms with E-state index in [2.05, 4.69) is 10.2 Å². The zero-order valence-electron chi connectivity index (χ0n) is 13.0. The molecule has 22 heavy (non-hydrogen) atoms. The molecule has 1 aromatic rings. The van der Waals surface area contributed by atoms with Crippen LogP contribution in [0.5, 0.6) is 11.5 Å². The van der Waals surface area contributed by atoms with Crippen LogP contribution in [0.25, 0.3) is 0 Å². The van der Waals surface area contributed by atoms with Gasteiger partial charge in [0, 0.05) is 37.8 Å². The van der Waals surface area contributed by atoms with Crippen molar-refractivity contribution in [3.63, 3.8) is 0 Å². The van der Waals surface area contributed by atoms with Crippen molar-refractivity contribution in [2.75, 3.05) is 33.3 Å². The first-order valence-electron chi connectivity index (χ1n) is 7.61. The molecule has 2 N–H and O–H groups in total. The van der Waals surface area contributed by atoms with Gasteiger partial charge in [0.05, 0.1) is 7.11 Å². The van der Waals surface area contributed by atoms with Gasteiger partial charge in [-0.3, -0.25) is 4.90 Å². The lowest BCUT2D eigenvalue weighted by Crippen LogP contribution is -2.47. The molecule has 6 heteroatoms. The third-order valence-electron chi connectivity index (χ3n) is 4.69. The normalized spacial score (nSPS) is 20.2. The molecule has 1 atom stereocenters. The lowest BCUT2D eigenvalue weighted by atomic mass is 9.76. The maximum atomic E-state index is 10.3. The van der Waals surface area contributed by atoms with Crippen LogP contribution in [-0.2, 0) is 0 Å². The summed E-state index contributed by atoms with van der Waals surface area (Å²) in [6, 6.07) is 5.94. The first kappa shape index (κ1) is 19.4. The standard InChI is InChI=1S/C16H24N2O2.2ClH/c1-20-13-5-6-15(19)14(11-13)16(12-3-2-4-12)18-9-7-17-8-10-18;;/h5-6,11-12,16-17,19H,2-4,7-10H2,1H3;2*1H/t16-;;/m0../s1. The summed E-state index contributed by atoms with van der Waals surface area (Å²) in [5.74, 6) is 1.91. The predicted molar refractivity (Wildman–Crippen MR) is 93.7 cm³/mol. The Bertz CT molecular complexity index is 463. The highest BCUT2D eigenvalue weighted by Crippen LogP contribution is 2.44. The van der Waals surface area contributed by atoms with Crippen molar-refractivity contribution in [1.29, 1.82) is 0 Å². The molecule has 1 aromatic carbocycles. The molecule has 0 aromatic heterocycles. The van der Waals surface area contributed by atoms with Crippen LogP contribution >= 0.6 is 24.8 Å². The Balaban J connectivity index is 0.00000121. The van der Waals surface area contributed by atoms with Crippen molar-refractivity contribution in [2.45, 2.75) is 25.3 Å². The molecule has 4 nitrogen and oxygen atoms in total. The van der Waals surface area contributed by atoms with E-state index in [4.69, 9.17) is 4.74 Å². The zero-order valence-corrected chi connectivity index (χ0v) is 14.6. The fourth-order valence-electron chi connectivity index (χ4n) is 3.36. The van der Waals surface area contributed by atoms with E-state index in [1.165, 1.54) is 19.3 Å². The Morgan fingerprint density at radius 3 is 2.45 bits per heavy atom. The smallest absolute Gasteiger partial charge is 0.120 e. The molecule has 1 aliphatic carbocycles. The lowest BCUT2D eigenvalue weighted by molar-refractivity contribution is 0.0818.